The molecule has 0 fully saturated rings. The first-order valence-electron chi connectivity index (χ1n) is 11.7. The number of nitrogens with zero attached hydrogens (tertiary/aromatic N) is 1. The number of fused-ring (bicyclic) bond motifs is 2. The fourth-order valence-electron chi connectivity index (χ4n) is 5.57. The zero-order chi connectivity index (χ0) is 23.4. The maximum Gasteiger partial charge on any atom is 0.340 e. The number of hydrogen-bond donors (Lipinski definition) is 1. The number of carbonyl (C=O) groups is 2. The van der Waals surface area contributed by atoms with Gasteiger partial charge in [0.25, 0.3) is 0 Å². The Morgan fingerprint density at radius 2 is 1.59 bits per heavy atom. The summed E-state index contributed by atoms with van der Waals surface area (Å²) in [7, 11) is 0. The Labute approximate surface area is 199 Å². The van der Waals surface area contributed by atoms with Crippen LogP contribution in [0.3, 0.4) is 0 Å². The van der Waals surface area contributed by atoms with E-state index >= 15 is 0 Å². The van der Waals surface area contributed by atoms with Crippen molar-refractivity contribution in [2.24, 2.45) is 5.41 Å². The van der Waals surface area contributed by atoms with E-state index < -0.39 is 12.3 Å². The minimum atomic E-state index is -0.647. The Morgan fingerprint density at radius 1 is 0.882 bits per heavy atom. The Kier molecular flexibility index (Phi) is 4.63. The third kappa shape index (κ3) is 3.23. The first-order chi connectivity index (χ1) is 16.4. The summed E-state index contributed by atoms with van der Waals surface area (Å²) in [5.74, 6) is -0.213. The predicted octanol–water partition coefficient (Wildman–Crippen LogP) is 6.17. The van der Waals surface area contributed by atoms with Gasteiger partial charge in [-0.05, 0) is 35.6 Å². The third-order valence-electron chi connectivity index (χ3n) is 6.97. The normalized spacial score (nSPS) is 22.8. The number of rotatable bonds is 2. The predicted molar refractivity (Wildman–Crippen MR) is 131 cm³/mol. The molecule has 5 heteroatoms. The third-order valence-corrected chi connectivity index (χ3v) is 6.97. The van der Waals surface area contributed by atoms with Crippen molar-refractivity contribution in [1.82, 2.24) is 0 Å². The number of nitrogens with one attached hydrogen (secondary N) is 1. The monoisotopic (exact) mass is 450 g/mol. The van der Waals surface area contributed by atoms with E-state index in [4.69, 9.17) is 4.74 Å². The summed E-state index contributed by atoms with van der Waals surface area (Å²) in [4.78, 5) is 28.7. The molecule has 0 amide bonds. The van der Waals surface area contributed by atoms with Crippen molar-refractivity contribution in [2.45, 2.75) is 39.0 Å². The molecule has 2 atom stereocenters. The topological polar surface area (TPSA) is 58.6 Å². The molecule has 1 N–H and O–H groups in total. The lowest BCUT2D eigenvalue weighted by atomic mass is 9.73. The number of benzene rings is 3. The molecule has 3 aromatic carbocycles. The average molecular weight is 451 g/mol. The van der Waals surface area contributed by atoms with Gasteiger partial charge in [0.1, 0.15) is 0 Å². The van der Waals surface area contributed by atoms with Crippen molar-refractivity contribution in [3.8, 4) is 0 Å². The largest absolute Gasteiger partial charge is 0.433 e. The van der Waals surface area contributed by atoms with Gasteiger partial charge >= 0.3 is 5.97 Å². The van der Waals surface area contributed by atoms with Gasteiger partial charge in [-0.2, -0.15) is 0 Å². The van der Waals surface area contributed by atoms with Crippen LogP contribution in [0.2, 0.25) is 0 Å². The molecule has 0 aromatic heterocycles. The van der Waals surface area contributed by atoms with Crippen LogP contribution in [0.15, 0.2) is 90.1 Å². The highest BCUT2D eigenvalue weighted by Gasteiger charge is 2.46. The highest BCUT2D eigenvalue weighted by molar-refractivity contribution is 6.02. The van der Waals surface area contributed by atoms with Crippen molar-refractivity contribution in [3.05, 3.63) is 107 Å². The molecule has 0 radical (unpaired) electrons. The summed E-state index contributed by atoms with van der Waals surface area (Å²) < 4.78 is 6.02. The highest BCUT2D eigenvalue weighted by Crippen LogP contribution is 2.52. The molecular weight excluding hydrogens is 424 g/mol. The molecule has 1 aliphatic carbocycles. The number of cyclic esters (lactones) is 1. The Morgan fingerprint density at radius 3 is 2.41 bits per heavy atom. The lowest BCUT2D eigenvalue weighted by Gasteiger charge is -2.40. The smallest absolute Gasteiger partial charge is 0.340 e. The summed E-state index contributed by atoms with van der Waals surface area (Å²) in [6.07, 6.45) is 0.592. The molecule has 2 heterocycles. The van der Waals surface area contributed by atoms with Gasteiger partial charge in [-0.3, -0.25) is 4.79 Å². The summed E-state index contributed by atoms with van der Waals surface area (Å²) in [5.41, 5.74) is 5.73. The zero-order valence-corrected chi connectivity index (χ0v) is 19.2. The maximum atomic E-state index is 13.8. The van der Waals surface area contributed by atoms with Gasteiger partial charge < -0.3 is 15.0 Å². The van der Waals surface area contributed by atoms with Crippen LogP contribution in [0.1, 0.15) is 60.4 Å². The first kappa shape index (κ1) is 20.7. The van der Waals surface area contributed by atoms with E-state index in [0.717, 1.165) is 40.2 Å². The minimum absolute atomic E-state index is 0.128. The quantitative estimate of drug-likeness (QED) is 0.473. The lowest BCUT2D eigenvalue weighted by Crippen LogP contribution is -2.38. The number of ketones is 1. The van der Waals surface area contributed by atoms with Crippen LogP contribution < -0.4 is 10.2 Å². The van der Waals surface area contributed by atoms with Gasteiger partial charge in [-0.25, -0.2) is 4.79 Å². The number of para-hydroxylation sites is 2. The van der Waals surface area contributed by atoms with Crippen LogP contribution in [0.25, 0.3) is 0 Å². The van der Waals surface area contributed by atoms with Crippen molar-refractivity contribution >= 4 is 23.1 Å². The van der Waals surface area contributed by atoms with E-state index in [9.17, 15) is 9.59 Å². The Bertz CT molecular complexity index is 1340. The van der Waals surface area contributed by atoms with E-state index in [1.807, 2.05) is 72.8 Å². The van der Waals surface area contributed by atoms with Gasteiger partial charge in [-0.15, -0.1) is 0 Å². The SMILES string of the molecule is CC1(C)CC(=O)C2=C(C1)Nc1ccccc1N([C@H]1OC(=O)c3ccccc31)[C@@H]2c1ccccc1. The maximum absolute atomic E-state index is 13.8. The zero-order valence-electron chi connectivity index (χ0n) is 19.2. The molecule has 3 aliphatic rings. The minimum Gasteiger partial charge on any atom is -0.433 e. The average Bonchev–Trinajstić information content (AvgIpc) is 3.07. The second-order valence-electron chi connectivity index (χ2n) is 10.0. The van der Waals surface area contributed by atoms with Crippen molar-refractivity contribution < 1.29 is 14.3 Å². The molecule has 0 unspecified atom stereocenters. The second-order valence-corrected chi connectivity index (χ2v) is 10.0. The van der Waals surface area contributed by atoms with Crippen LogP contribution in [0.5, 0.6) is 0 Å². The number of hydrogen-bond acceptors (Lipinski definition) is 5. The number of Topliss-reactive ketones (excluding diaryl/α,β-unsaturated/α-hetero) is 1. The summed E-state index contributed by atoms with van der Waals surface area (Å²) in [5, 5.41) is 3.61. The summed E-state index contributed by atoms with van der Waals surface area (Å²) in [6, 6.07) is 25.2. The molecule has 0 saturated heterocycles. The number of allylic oxidation sites excluding steroid dienone is 1. The first-order valence-corrected chi connectivity index (χ1v) is 11.7. The molecule has 170 valence electrons. The molecule has 0 spiro atoms. The van der Waals surface area contributed by atoms with E-state index in [-0.39, 0.29) is 17.2 Å². The fourth-order valence-corrected chi connectivity index (χ4v) is 5.57. The highest BCUT2D eigenvalue weighted by atomic mass is 16.6. The fraction of sp³-hybridized carbons (Fsp3) is 0.241. The van der Waals surface area contributed by atoms with E-state index in [0.29, 0.717) is 12.0 Å². The van der Waals surface area contributed by atoms with E-state index in [1.54, 1.807) is 6.07 Å². The molecule has 0 saturated carbocycles. The lowest BCUT2D eigenvalue weighted by molar-refractivity contribution is -0.118. The summed E-state index contributed by atoms with van der Waals surface area (Å²) >= 11 is 0. The molecule has 0 bridgehead atoms. The van der Waals surface area contributed by atoms with Crippen LogP contribution in [-0.2, 0) is 9.53 Å². The van der Waals surface area contributed by atoms with E-state index in [2.05, 4.69) is 24.1 Å². The Hall–Kier alpha value is -3.86. The molecule has 34 heavy (non-hydrogen) atoms. The molecule has 3 aromatic rings. The Balaban J connectivity index is 1.64. The molecule has 5 nitrogen and oxygen atoms in total. The van der Waals surface area contributed by atoms with Crippen molar-refractivity contribution in [2.75, 3.05) is 10.2 Å². The van der Waals surface area contributed by atoms with Crippen molar-refractivity contribution in [3.63, 3.8) is 0 Å². The van der Waals surface area contributed by atoms with Gasteiger partial charge in [-0.1, -0.05) is 74.5 Å². The van der Waals surface area contributed by atoms with Gasteiger partial charge in [0, 0.05) is 23.3 Å². The van der Waals surface area contributed by atoms with Crippen LogP contribution in [0.4, 0.5) is 11.4 Å². The number of anilines is 2. The van der Waals surface area contributed by atoms with Crippen LogP contribution in [-0.4, -0.2) is 11.8 Å². The van der Waals surface area contributed by atoms with Crippen LogP contribution in [0, 0.1) is 5.41 Å². The van der Waals surface area contributed by atoms with Gasteiger partial charge in [0.2, 0.25) is 6.23 Å². The second kappa shape index (κ2) is 7.59. The number of carbonyl (C=O) groups excluding carboxylic acids is 2. The molecular formula is C29H26N2O3. The standard InChI is InChI=1S/C29H26N2O3/c1-29(2)16-22-25(24(32)17-29)26(18-10-4-3-5-11-18)31(23-15-9-8-14-21(23)30-22)27-19-12-6-7-13-20(19)28(33)34-27/h3-15,26-27,30H,16-17H2,1-2H3/t26-,27+/m1/s1. The number of esters is 1. The van der Waals surface area contributed by atoms with Crippen molar-refractivity contribution in [1.29, 1.82) is 0 Å². The van der Waals surface area contributed by atoms with Crippen LogP contribution >= 0.6 is 0 Å². The molecule has 6 rings (SSSR count). The summed E-state index contributed by atoms with van der Waals surface area (Å²) in [6.45, 7) is 4.27. The molecule has 2 aliphatic heterocycles. The number of ether oxygens (including phenoxy) is 1. The van der Waals surface area contributed by atoms with Gasteiger partial charge in [0.05, 0.1) is 23.0 Å². The van der Waals surface area contributed by atoms with E-state index in [1.165, 1.54) is 0 Å². The van der Waals surface area contributed by atoms with Gasteiger partial charge in [0.15, 0.2) is 5.78 Å².